The molecule has 0 amide bonds. The second-order valence-electron chi connectivity index (χ2n) is 4.62. The lowest BCUT2D eigenvalue weighted by molar-refractivity contribution is 0.0693. The van der Waals surface area contributed by atoms with Crippen LogP contribution in [-0.4, -0.2) is 21.2 Å². The summed E-state index contributed by atoms with van der Waals surface area (Å²) < 4.78 is 4.28. The fraction of sp³-hybridized carbons (Fsp3) is 0. The summed E-state index contributed by atoms with van der Waals surface area (Å²) in [5.74, 6) is -1.44. The standard InChI is InChI=1S/C17H11NO3S/c19-16(12-8-4-5-9-13(12)17(20)21)15-10-14(18-22-15)11-6-2-1-3-7-11/h1-10H,(H,20,21). The molecule has 0 unspecified atom stereocenters. The van der Waals surface area contributed by atoms with E-state index in [0.717, 1.165) is 17.1 Å². The van der Waals surface area contributed by atoms with Crippen LogP contribution in [0.15, 0.2) is 60.7 Å². The van der Waals surface area contributed by atoms with Crippen molar-refractivity contribution in [2.45, 2.75) is 0 Å². The first kappa shape index (κ1) is 14.2. The number of benzene rings is 2. The number of nitrogens with zero attached hydrogens (tertiary/aromatic N) is 1. The van der Waals surface area contributed by atoms with Crippen molar-refractivity contribution >= 4 is 23.3 Å². The molecule has 22 heavy (non-hydrogen) atoms. The second kappa shape index (κ2) is 5.91. The van der Waals surface area contributed by atoms with Crippen LogP contribution in [0.25, 0.3) is 11.3 Å². The van der Waals surface area contributed by atoms with Crippen LogP contribution < -0.4 is 0 Å². The van der Waals surface area contributed by atoms with Gasteiger partial charge in [0.2, 0.25) is 5.78 Å². The minimum Gasteiger partial charge on any atom is -0.478 e. The summed E-state index contributed by atoms with van der Waals surface area (Å²) in [6.45, 7) is 0. The number of aromatic nitrogens is 1. The first-order valence-corrected chi connectivity index (χ1v) is 7.33. The Morgan fingerprint density at radius 3 is 2.23 bits per heavy atom. The van der Waals surface area contributed by atoms with E-state index in [1.165, 1.54) is 12.1 Å². The van der Waals surface area contributed by atoms with Gasteiger partial charge in [0.25, 0.3) is 0 Å². The first-order chi connectivity index (χ1) is 10.7. The van der Waals surface area contributed by atoms with E-state index in [0.29, 0.717) is 10.6 Å². The highest BCUT2D eigenvalue weighted by Crippen LogP contribution is 2.24. The Morgan fingerprint density at radius 2 is 1.55 bits per heavy atom. The van der Waals surface area contributed by atoms with Crippen LogP contribution in [0.1, 0.15) is 25.6 Å². The van der Waals surface area contributed by atoms with Gasteiger partial charge in [-0.1, -0.05) is 48.5 Å². The highest BCUT2D eigenvalue weighted by Gasteiger charge is 2.19. The van der Waals surface area contributed by atoms with Gasteiger partial charge in [-0.15, -0.1) is 0 Å². The summed E-state index contributed by atoms with van der Waals surface area (Å²) in [5, 5.41) is 9.18. The minimum absolute atomic E-state index is 0.00200. The predicted octanol–water partition coefficient (Wildman–Crippen LogP) is 3.74. The Labute approximate surface area is 130 Å². The lowest BCUT2D eigenvalue weighted by Crippen LogP contribution is -2.08. The van der Waals surface area contributed by atoms with Crippen molar-refractivity contribution in [2.75, 3.05) is 0 Å². The summed E-state index contributed by atoms with van der Waals surface area (Å²) in [6, 6.07) is 17.4. The predicted molar refractivity (Wildman–Crippen MR) is 84.4 cm³/mol. The smallest absolute Gasteiger partial charge is 0.336 e. The maximum absolute atomic E-state index is 12.5. The Hall–Kier alpha value is -2.79. The lowest BCUT2D eigenvalue weighted by atomic mass is 10.0. The molecule has 0 radical (unpaired) electrons. The van der Waals surface area contributed by atoms with Crippen LogP contribution >= 0.6 is 11.5 Å². The second-order valence-corrected chi connectivity index (χ2v) is 5.43. The molecule has 0 fully saturated rings. The number of carboxylic acids is 1. The van der Waals surface area contributed by atoms with Gasteiger partial charge in [0.15, 0.2) is 0 Å². The highest BCUT2D eigenvalue weighted by atomic mass is 32.1. The number of aromatic carboxylic acids is 1. The third-order valence-corrected chi connectivity index (χ3v) is 3.99. The maximum Gasteiger partial charge on any atom is 0.336 e. The van der Waals surface area contributed by atoms with Gasteiger partial charge < -0.3 is 5.11 Å². The normalized spacial score (nSPS) is 10.4. The summed E-state index contributed by atoms with van der Waals surface area (Å²) in [5.41, 5.74) is 1.81. The molecule has 0 saturated heterocycles. The molecule has 108 valence electrons. The topological polar surface area (TPSA) is 67.3 Å². The van der Waals surface area contributed by atoms with Gasteiger partial charge in [0, 0.05) is 11.1 Å². The summed E-state index contributed by atoms with van der Waals surface area (Å²) in [4.78, 5) is 24.2. The molecule has 1 aromatic heterocycles. The Kier molecular flexibility index (Phi) is 3.80. The van der Waals surface area contributed by atoms with Crippen molar-refractivity contribution in [1.29, 1.82) is 0 Å². The first-order valence-electron chi connectivity index (χ1n) is 6.56. The SMILES string of the molecule is O=C(O)c1ccccc1C(=O)c1cc(-c2ccccc2)ns1. The van der Waals surface area contributed by atoms with Crippen LogP contribution in [0.2, 0.25) is 0 Å². The number of carbonyl (C=O) groups excluding carboxylic acids is 1. The molecular formula is C17H11NO3S. The van der Waals surface area contributed by atoms with E-state index < -0.39 is 5.97 Å². The van der Waals surface area contributed by atoms with Crippen molar-refractivity contribution in [3.63, 3.8) is 0 Å². The van der Waals surface area contributed by atoms with Gasteiger partial charge in [0.1, 0.15) is 0 Å². The van der Waals surface area contributed by atoms with Crippen LogP contribution in [0.3, 0.4) is 0 Å². The van der Waals surface area contributed by atoms with E-state index in [2.05, 4.69) is 4.37 Å². The summed E-state index contributed by atoms with van der Waals surface area (Å²) in [6.07, 6.45) is 0. The van der Waals surface area contributed by atoms with Crippen molar-refractivity contribution in [3.05, 3.63) is 76.7 Å². The quantitative estimate of drug-likeness (QED) is 0.745. The van der Waals surface area contributed by atoms with E-state index in [9.17, 15) is 14.7 Å². The van der Waals surface area contributed by atoms with Gasteiger partial charge in [-0.3, -0.25) is 4.79 Å². The molecule has 1 N–H and O–H groups in total. The molecular weight excluding hydrogens is 298 g/mol. The number of carboxylic acid groups (broad SMARTS) is 1. The molecule has 5 heteroatoms. The summed E-state index contributed by atoms with van der Waals surface area (Å²) in [7, 11) is 0. The fourth-order valence-electron chi connectivity index (χ4n) is 2.13. The van der Waals surface area contributed by atoms with Crippen LogP contribution in [0.5, 0.6) is 0 Å². The van der Waals surface area contributed by atoms with Crippen molar-refractivity contribution in [1.82, 2.24) is 4.37 Å². The van der Waals surface area contributed by atoms with Crippen molar-refractivity contribution in [2.24, 2.45) is 0 Å². The Morgan fingerprint density at radius 1 is 0.909 bits per heavy atom. The zero-order chi connectivity index (χ0) is 15.5. The molecule has 0 saturated carbocycles. The van der Waals surface area contributed by atoms with E-state index in [1.54, 1.807) is 18.2 Å². The molecule has 0 atom stereocenters. The summed E-state index contributed by atoms with van der Waals surface area (Å²) >= 11 is 1.08. The fourth-order valence-corrected chi connectivity index (χ4v) is 2.84. The number of rotatable bonds is 4. The van der Waals surface area contributed by atoms with Crippen molar-refractivity contribution < 1.29 is 14.7 Å². The average Bonchev–Trinajstić information content (AvgIpc) is 3.05. The zero-order valence-corrected chi connectivity index (χ0v) is 12.2. The molecule has 1 heterocycles. The van der Waals surface area contributed by atoms with Gasteiger partial charge in [-0.25, -0.2) is 4.79 Å². The number of carbonyl (C=O) groups is 2. The molecule has 4 nitrogen and oxygen atoms in total. The van der Waals surface area contributed by atoms with Crippen molar-refractivity contribution in [3.8, 4) is 11.3 Å². The molecule has 2 aromatic carbocycles. The Bertz CT molecular complexity index is 840. The van der Waals surface area contributed by atoms with Gasteiger partial charge in [-0.05, 0) is 23.7 Å². The third-order valence-electron chi connectivity index (χ3n) is 3.21. The Balaban J connectivity index is 1.98. The monoisotopic (exact) mass is 309 g/mol. The van der Waals surface area contributed by atoms with E-state index in [1.807, 2.05) is 30.3 Å². The third kappa shape index (κ3) is 2.66. The minimum atomic E-state index is -1.11. The molecule has 0 aliphatic heterocycles. The number of hydrogen-bond acceptors (Lipinski definition) is 4. The molecule has 3 aromatic rings. The largest absolute Gasteiger partial charge is 0.478 e. The highest BCUT2D eigenvalue weighted by molar-refractivity contribution is 7.08. The lowest BCUT2D eigenvalue weighted by Gasteiger charge is -2.02. The van der Waals surface area contributed by atoms with Crippen LogP contribution in [0.4, 0.5) is 0 Å². The molecule has 0 bridgehead atoms. The van der Waals surface area contributed by atoms with Crippen LogP contribution in [-0.2, 0) is 0 Å². The van der Waals surface area contributed by atoms with Crippen LogP contribution in [0, 0.1) is 0 Å². The van der Waals surface area contributed by atoms with E-state index >= 15 is 0 Å². The molecule has 0 aliphatic carbocycles. The number of hydrogen-bond donors (Lipinski definition) is 1. The van der Waals surface area contributed by atoms with E-state index in [4.69, 9.17) is 0 Å². The van der Waals surface area contributed by atoms with Gasteiger partial charge >= 0.3 is 5.97 Å². The van der Waals surface area contributed by atoms with E-state index in [-0.39, 0.29) is 16.9 Å². The average molecular weight is 309 g/mol. The van der Waals surface area contributed by atoms with Gasteiger partial charge in [-0.2, -0.15) is 4.37 Å². The van der Waals surface area contributed by atoms with Gasteiger partial charge in [0.05, 0.1) is 16.1 Å². The number of ketones is 1. The zero-order valence-electron chi connectivity index (χ0n) is 11.4. The molecule has 0 aliphatic rings. The molecule has 3 rings (SSSR count). The molecule has 0 spiro atoms. The maximum atomic E-state index is 12.5.